The minimum Gasteiger partial charge on any atom is -0.504 e. The SMILES string of the molecule is COc1ccc(-c2nc(Cc3csc(C)n3)no2)cc1O. The van der Waals surface area contributed by atoms with E-state index in [1.54, 1.807) is 23.5 Å². The lowest BCUT2D eigenvalue weighted by Crippen LogP contribution is -1.91. The number of thiazole rings is 1. The minimum absolute atomic E-state index is 0.0323. The van der Waals surface area contributed by atoms with Crippen LogP contribution >= 0.6 is 11.3 Å². The highest BCUT2D eigenvalue weighted by Gasteiger charge is 2.12. The Kier molecular flexibility index (Phi) is 3.57. The van der Waals surface area contributed by atoms with E-state index in [1.807, 2.05) is 12.3 Å². The molecule has 3 rings (SSSR count). The zero-order valence-corrected chi connectivity index (χ0v) is 12.3. The third kappa shape index (κ3) is 2.87. The molecule has 2 heterocycles. The molecule has 0 aliphatic rings. The Morgan fingerprint density at radius 3 is 2.86 bits per heavy atom. The molecule has 0 saturated carbocycles. The number of ether oxygens (including phenoxy) is 1. The van der Waals surface area contributed by atoms with Gasteiger partial charge in [-0.3, -0.25) is 0 Å². The summed E-state index contributed by atoms with van der Waals surface area (Å²) in [6.07, 6.45) is 0.524. The quantitative estimate of drug-likeness (QED) is 0.798. The molecule has 0 atom stereocenters. The van der Waals surface area contributed by atoms with Crippen molar-refractivity contribution in [1.29, 1.82) is 0 Å². The van der Waals surface area contributed by atoms with E-state index in [4.69, 9.17) is 9.26 Å². The first kappa shape index (κ1) is 13.6. The van der Waals surface area contributed by atoms with Crippen molar-refractivity contribution < 1.29 is 14.4 Å². The molecule has 0 amide bonds. The van der Waals surface area contributed by atoms with E-state index in [-0.39, 0.29) is 5.75 Å². The lowest BCUT2D eigenvalue weighted by atomic mass is 10.2. The Hall–Kier alpha value is -2.41. The van der Waals surface area contributed by atoms with Crippen molar-refractivity contribution in [3.05, 3.63) is 40.1 Å². The van der Waals surface area contributed by atoms with Gasteiger partial charge in [-0.1, -0.05) is 5.16 Å². The lowest BCUT2D eigenvalue weighted by molar-refractivity contribution is 0.373. The van der Waals surface area contributed by atoms with Gasteiger partial charge in [0.1, 0.15) is 0 Å². The standard InChI is InChI=1S/C14H13N3O3S/c1-8-15-10(7-21-8)6-13-16-14(20-17-13)9-3-4-12(19-2)11(18)5-9/h3-5,7,18H,6H2,1-2H3. The summed E-state index contributed by atoms with van der Waals surface area (Å²) in [5, 5.41) is 16.7. The summed E-state index contributed by atoms with van der Waals surface area (Å²) in [6.45, 7) is 1.95. The number of rotatable bonds is 4. The van der Waals surface area contributed by atoms with Crippen LogP contribution in [0.4, 0.5) is 0 Å². The van der Waals surface area contributed by atoms with E-state index < -0.39 is 0 Å². The van der Waals surface area contributed by atoms with Crippen LogP contribution in [0, 0.1) is 6.92 Å². The normalized spacial score (nSPS) is 10.8. The van der Waals surface area contributed by atoms with Crippen LogP contribution in [-0.4, -0.2) is 27.3 Å². The molecule has 0 bridgehead atoms. The molecule has 7 heteroatoms. The molecule has 1 N–H and O–H groups in total. The Labute approximate surface area is 125 Å². The van der Waals surface area contributed by atoms with Gasteiger partial charge in [0, 0.05) is 10.9 Å². The van der Waals surface area contributed by atoms with Crippen LogP contribution in [0.25, 0.3) is 11.5 Å². The maximum Gasteiger partial charge on any atom is 0.258 e. The number of aromatic nitrogens is 3. The van der Waals surface area contributed by atoms with Gasteiger partial charge >= 0.3 is 0 Å². The fourth-order valence-corrected chi connectivity index (χ4v) is 2.53. The number of aromatic hydroxyl groups is 1. The summed E-state index contributed by atoms with van der Waals surface area (Å²) in [4.78, 5) is 8.68. The van der Waals surface area contributed by atoms with Gasteiger partial charge in [0.2, 0.25) is 0 Å². The summed E-state index contributed by atoms with van der Waals surface area (Å²) < 4.78 is 10.2. The number of nitrogens with zero attached hydrogens (tertiary/aromatic N) is 3. The van der Waals surface area contributed by atoms with Crippen LogP contribution in [0.3, 0.4) is 0 Å². The van der Waals surface area contributed by atoms with E-state index in [2.05, 4.69) is 15.1 Å². The highest BCUT2D eigenvalue weighted by atomic mass is 32.1. The molecule has 2 aromatic heterocycles. The molecule has 0 spiro atoms. The molecule has 6 nitrogen and oxygen atoms in total. The molecule has 0 aliphatic heterocycles. The molecule has 108 valence electrons. The van der Waals surface area contributed by atoms with Crippen LogP contribution < -0.4 is 4.74 Å². The first-order valence-corrected chi connectivity index (χ1v) is 7.14. The highest BCUT2D eigenvalue weighted by molar-refractivity contribution is 7.09. The molecule has 0 aliphatic carbocycles. The number of hydrogen-bond acceptors (Lipinski definition) is 7. The second kappa shape index (κ2) is 5.53. The maximum absolute atomic E-state index is 9.77. The predicted octanol–water partition coefficient (Wildman–Crippen LogP) is 2.81. The number of phenols is 1. The monoisotopic (exact) mass is 303 g/mol. The van der Waals surface area contributed by atoms with Gasteiger partial charge < -0.3 is 14.4 Å². The van der Waals surface area contributed by atoms with Crippen molar-refractivity contribution in [2.75, 3.05) is 7.11 Å². The number of aryl methyl sites for hydroxylation is 1. The van der Waals surface area contributed by atoms with Gasteiger partial charge in [-0.25, -0.2) is 4.98 Å². The van der Waals surface area contributed by atoms with Crippen LogP contribution in [-0.2, 0) is 6.42 Å². The van der Waals surface area contributed by atoms with Crippen molar-refractivity contribution >= 4 is 11.3 Å². The maximum atomic E-state index is 9.77. The van der Waals surface area contributed by atoms with Gasteiger partial charge in [-0.2, -0.15) is 4.98 Å². The van der Waals surface area contributed by atoms with Crippen molar-refractivity contribution in [3.63, 3.8) is 0 Å². The molecular formula is C14H13N3O3S. The van der Waals surface area contributed by atoms with E-state index >= 15 is 0 Å². The van der Waals surface area contributed by atoms with Crippen LogP contribution in [0.2, 0.25) is 0 Å². The second-order valence-corrected chi connectivity index (χ2v) is 5.50. The van der Waals surface area contributed by atoms with Gasteiger partial charge in [0.25, 0.3) is 5.89 Å². The summed E-state index contributed by atoms with van der Waals surface area (Å²) in [5.41, 5.74) is 1.56. The number of hydrogen-bond donors (Lipinski definition) is 1. The van der Waals surface area contributed by atoms with Crippen LogP contribution in [0.5, 0.6) is 11.5 Å². The van der Waals surface area contributed by atoms with Crippen LogP contribution in [0.15, 0.2) is 28.1 Å². The predicted molar refractivity (Wildman–Crippen MR) is 77.6 cm³/mol. The fraction of sp³-hybridized carbons (Fsp3) is 0.214. The fourth-order valence-electron chi connectivity index (χ4n) is 1.92. The van der Waals surface area contributed by atoms with Crippen molar-refractivity contribution in [2.45, 2.75) is 13.3 Å². The van der Waals surface area contributed by atoms with E-state index in [0.29, 0.717) is 29.4 Å². The van der Waals surface area contributed by atoms with Gasteiger partial charge in [-0.05, 0) is 25.1 Å². The molecule has 21 heavy (non-hydrogen) atoms. The Balaban J connectivity index is 1.82. The summed E-state index contributed by atoms with van der Waals surface area (Å²) >= 11 is 1.59. The van der Waals surface area contributed by atoms with E-state index in [9.17, 15) is 5.11 Å². The molecule has 0 radical (unpaired) electrons. The number of benzene rings is 1. The largest absolute Gasteiger partial charge is 0.504 e. The smallest absolute Gasteiger partial charge is 0.258 e. The van der Waals surface area contributed by atoms with Crippen molar-refractivity contribution in [3.8, 4) is 23.0 Å². The highest BCUT2D eigenvalue weighted by Crippen LogP contribution is 2.30. The number of phenolic OH excluding ortho intramolecular Hbond substituents is 1. The molecule has 0 fully saturated rings. The third-order valence-electron chi connectivity index (χ3n) is 2.90. The summed E-state index contributed by atoms with van der Waals surface area (Å²) in [6, 6.07) is 4.93. The first-order valence-electron chi connectivity index (χ1n) is 6.26. The van der Waals surface area contributed by atoms with Gasteiger partial charge in [-0.15, -0.1) is 11.3 Å². The topological polar surface area (TPSA) is 81.3 Å². The van der Waals surface area contributed by atoms with E-state index in [1.165, 1.54) is 13.2 Å². The van der Waals surface area contributed by atoms with Crippen molar-refractivity contribution in [1.82, 2.24) is 15.1 Å². The Bertz CT molecular complexity index is 766. The number of methoxy groups -OCH3 is 1. The second-order valence-electron chi connectivity index (χ2n) is 4.44. The van der Waals surface area contributed by atoms with Gasteiger partial charge in [0.05, 0.1) is 24.2 Å². The zero-order valence-electron chi connectivity index (χ0n) is 11.5. The molecule has 3 aromatic rings. The molecule has 0 unspecified atom stereocenters. The van der Waals surface area contributed by atoms with Gasteiger partial charge in [0.15, 0.2) is 17.3 Å². The summed E-state index contributed by atoms with van der Waals surface area (Å²) in [7, 11) is 1.50. The van der Waals surface area contributed by atoms with Crippen molar-refractivity contribution in [2.24, 2.45) is 0 Å². The molecular weight excluding hydrogens is 290 g/mol. The zero-order chi connectivity index (χ0) is 14.8. The van der Waals surface area contributed by atoms with E-state index in [0.717, 1.165) is 10.7 Å². The Morgan fingerprint density at radius 2 is 2.19 bits per heavy atom. The minimum atomic E-state index is 0.0323. The molecule has 0 saturated heterocycles. The first-order chi connectivity index (χ1) is 10.2. The Morgan fingerprint density at radius 1 is 1.33 bits per heavy atom. The third-order valence-corrected chi connectivity index (χ3v) is 3.72. The average molecular weight is 303 g/mol. The summed E-state index contributed by atoms with van der Waals surface area (Å²) in [5.74, 6) is 1.35. The molecule has 1 aromatic carbocycles. The lowest BCUT2D eigenvalue weighted by Gasteiger charge is -2.03. The van der Waals surface area contributed by atoms with Crippen LogP contribution in [0.1, 0.15) is 16.5 Å². The average Bonchev–Trinajstić information content (AvgIpc) is 3.08.